The van der Waals surface area contributed by atoms with Crippen molar-refractivity contribution in [3.05, 3.63) is 28.8 Å². The molecule has 0 heterocycles. The molecule has 0 unspecified atom stereocenters. The molecule has 0 aliphatic heterocycles. The molecule has 0 fully saturated rings. The lowest BCUT2D eigenvalue weighted by atomic mass is 10.2. The van der Waals surface area contributed by atoms with E-state index in [2.05, 4.69) is 10.1 Å². The molecular weight excluding hydrogens is 306 g/mol. The van der Waals surface area contributed by atoms with Crippen LogP contribution in [0.25, 0.3) is 0 Å². The van der Waals surface area contributed by atoms with Crippen LogP contribution in [0.3, 0.4) is 0 Å². The molecule has 1 rings (SSSR count). The molecule has 8 heteroatoms. The first-order valence-electron chi connectivity index (χ1n) is 5.41. The summed E-state index contributed by atoms with van der Waals surface area (Å²) in [4.78, 5) is 33.3. The van der Waals surface area contributed by atoms with Crippen molar-refractivity contribution < 1.29 is 24.2 Å². The molecule has 0 aromatic heterocycles. The SMILES string of the molecule is COC(=O)c1cc(NC(=O)CSCC(=O)O)ccc1Cl. The van der Waals surface area contributed by atoms with Gasteiger partial charge in [-0.15, -0.1) is 11.8 Å². The summed E-state index contributed by atoms with van der Waals surface area (Å²) < 4.78 is 4.56. The Morgan fingerprint density at radius 2 is 2.05 bits per heavy atom. The van der Waals surface area contributed by atoms with Gasteiger partial charge < -0.3 is 15.2 Å². The summed E-state index contributed by atoms with van der Waals surface area (Å²) in [6.45, 7) is 0. The predicted molar refractivity (Wildman–Crippen MR) is 76.4 cm³/mol. The fourth-order valence-corrected chi connectivity index (χ4v) is 2.03. The number of ether oxygens (including phenoxy) is 1. The zero-order valence-corrected chi connectivity index (χ0v) is 12.1. The Morgan fingerprint density at radius 3 is 2.65 bits per heavy atom. The fraction of sp³-hybridized carbons (Fsp3) is 0.250. The van der Waals surface area contributed by atoms with Gasteiger partial charge in [0.1, 0.15) is 0 Å². The lowest BCUT2D eigenvalue weighted by Crippen LogP contribution is -2.16. The van der Waals surface area contributed by atoms with E-state index in [0.717, 1.165) is 11.8 Å². The van der Waals surface area contributed by atoms with E-state index in [1.54, 1.807) is 0 Å². The minimum Gasteiger partial charge on any atom is -0.481 e. The summed E-state index contributed by atoms with van der Waals surface area (Å²) in [7, 11) is 1.23. The maximum atomic E-state index is 11.6. The maximum Gasteiger partial charge on any atom is 0.339 e. The highest BCUT2D eigenvalue weighted by Gasteiger charge is 2.12. The van der Waals surface area contributed by atoms with Gasteiger partial charge in [0.2, 0.25) is 5.91 Å². The van der Waals surface area contributed by atoms with Crippen molar-refractivity contribution in [3.63, 3.8) is 0 Å². The van der Waals surface area contributed by atoms with Crippen LogP contribution in [-0.2, 0) is 14.3 Å². The smallest absolute Gasteiger partial charge is 0.339 e. The van der Waals surface area contributed by atoms with Gasteiger partial charge in [0.25, 0.3) is 0 Å². The van der Waals surface area contributed by atoms with Crippen LogP contribution in [0.5, 0.6) is 0 Å². The average molecular weight is 318 g/mol. The Balaban J connectivity index is 2.66. The number of nitrogens with one attached hydrogen (secondary N) is 1. The number of esters is 1. The second kappa shape index (κ2) is 7.76. The zero-order chi connectivity index (χ0) is 15.1. The first-order chi connectivity index (χ1) is 9.43. The molecule has 0 saturated carbocycles. The summed E-state index contributed by atoms with van der Waals surface area (Å²) in [5.41, 5.74) is 0.529. The predicted octanol–water partition coefficient (Wildman–Crippen LogP) is 1.88. The van der Waals surface area contributed by atoms with Crippen LogP contribution in [0, 0.1) is 0 Å². The average Bonchev–Trinajstić information content (AvgIpc) is 2.39. The van der Waals surface area contributed by atoms with E-state index in [-0.39, 0.29) is 28.0 Å². The highest BCUT2D eigenvalue weighted by atomic mass is 35.5. The van der Waals surface area contributed by atoms with Crippen LogP contribution in [0.15, 0.2) is 18.2 Å². The van der Waals surface area contributed by atoms with E-state index in [1.807, 2.05) is 0 Å². The Bertz CT molecular complexity index is 535. The number of methoxy groups -OCH3 is 1. The number of carboxylic acid groups (broad SMARTS) is 1. The molecular formula is C12H12ClNO5S. The van der Waals surface area contributed by atoms with Crippen LogP contribution in [-0.4, -0.2) is 41.6 Å². The highest BCUT2D eigenvalue weighted by molar-refractivity contribution is 8.00. The number of hydrogen-bond acceptors (Lipinski definition) is 5. The first kappa shape index (κ1) is 16.3. The van der Waals surface area contributed by atoms with E-state index >= 15 is 0 Å². The number of hydrogen-bond donors (Lipinski definition) is 2. The molecule has 0 spiro atoms. The fourth-order valence-electron chi connectivity index (χ4n) is 1.30. The van der Waals surface area contributed by atoms with Gasteiger partial charge in [-0.1, -0.05) is 11.6 Å². The number of halogens is 1. The first-order valence-corrected chi connectivity index (χ1v) is 6.94. The number of carbonyl (C=O) groups excluding carboxylic acids is 2. The van der Waals surface area contributed by atoms with Crippen molar-refractivity contribution in [3.8, 4) is 0 Å². The monoisotopic (exact) mass is 317 g/mol. The zero-order valence-electron chi connectivity index (χ0n) is 10.5. The third-order valence-electron chi connectivity index (χ3n) is 2.11. The second-order valence-corrected chi connectivity index (χ2v) is 5.01. The second-order valence-electron chi connectivity index (χ2n) is 3.62. The Morgan fingerprint density at radius 1 is 1.35 bits per heavy atom. The van der Waals surface area contributed by atoms with E-state index in [1.165, 1.54) is 25.3 Å². The summed E-state index contributed by atoms with van der Waals surface area (Å²) in [6.07, 6.45) is 0. The Hall–Kier alpha value is -1.73. The third kappa shape index (κ3) is 5.10. The van der Waals surface area contributed by atoms with Crippen molar-refractivity contribution >= 4 is 46.9 Å². The Labute approximate surface area is 124 Å². The van der Waals surface area contributed by atoms with Crippen LogP contribution < -0.4 is 5.32 Å². The highest BCUT2D eigenvalue weighted by Crippen LogP contribution is 2.21. The largest absolute Gasteiger partial charge is 0.481 e. The van der Waals surface area contributed by atoms with E-state index in [0.29, 0.717) is 5.69 Å². The number of benzene rings is 1. The lowest BCUT2D eigenvalue weighted by Gasteiger charge is -2.07. The van der Waals surface area contributed by atoms with Gasteiger partial charge in [0, 0.05) is 5.69 Å². The van der Waals surface area contributed by atoms with E-state index < -0.39 is 11.9 Å². The molecule has 6 nitrogen and oxygen atoms in total. The van der Waals surface area contributed by atoms with Crippen molar-refractivity contribution in [2.45, 2.75) is 0 Å². The summed E-state index contributed by atoms with van der Waals surface area (Å²) in [5, 5.41) is 11.2. The standard InChI is InChI=1S/C12H12ClNO5S/c1-19-12(18)8-4-7(2-3-9(8)13)14-10(15)5-20-6-11(16)17/h2-4H,5-6H2,1H3,(H,14,15)(H,16,17). The molecule has 0 aliphatic rings. The molecule has 2 N–H and O–H groups in total. The lowest BCUT2D eigenvalue weighted by molar-refractivity contribution is -0.133. The molecule has 0 saturated heterocycles. The molecule has 0 bridgehead atoms. The number of carbonyl (C=O) groups is 3. The summed E-state index contributed by atoms with van der Waals surface area (Å²) in [6, 6.07) is 4.40. The molecule has 0 aliphatic carbocycles. The summed E-state index contributed by atoms with van der Waals surface area (Å²) in [5.74, 6) is -2.10. The van der Waals surface area contributed by atoms with Crippen LogP contribution in [0.1, 0.15) is 10.4 Å². The minimum atomic E-state index is -0.984. The van der Waals surface area contributed by atoms with Gasteiger partial charge in [-0.25, -0.2) is 4.79 Å². The third-order valence-corrected chi connectivity index (χ3v) is 3.36. The van der Waals surface area contributed by atoms with Crippen LogP contribution in [0.2, 0.25) is 5.02 Å². The van der Waals surface area contributed by atoms with Crippen molar-refractivity contribution in [2.24, 2.45) is 0 Å². The number of thioether (sulfide) groups is 1. The molecule has 20 heavy (non-hydrogen) atoms. The Kier molecular flexibility index (Phi) is 6.33. The number of amides is 1. The van der Waals surface area contributed by atoms with Gasteiger partial charge >= 0.3 is 11.9 Å². The van der Waals surface area contributed by atoms with E-state index in [4.69, 9.17) is 16.7 Å². The van der Waals surface area contributed by atoms with Gasteiger partial charge in [-0.05, 0) is 18.2 Å². The maximum absolute atomic E-state index is 11.6. The van der Waals surface area contributed by atoms with Crippen molar-refractivity contribution in [1.82, 2.24) is 0 Å². The quantitative estimate of drug-likeness (QED) is 0.778. The van der Waals surface area contributed by atoms with Crippen molar-refractivity contribution in [1.29, 1.82) is 0 Å². The molecule has 108 valence electrons. The van der Waals surface area contributed by atoms with Crippen LogP contribution >= 0.6 is 23.4 Å². The molecule has 0 radical (unpaired) electrons. The number of rotatable bonds is 6. The van der Waals surface area contributed by atoms with Gasteiger partial charge in [0.15, 0.2) is 0 Å². The van der Waals surface area contributed by atoms with Gasteiger partial charge in [0.05, 0.1) is 29.2 Å². The van der Waals surface area contributed by atoms with Gasteiger partial charge in [-0.2, -0.15) is 0 Å². The van der Waals surface area contributed by atoms with Crippen LogP contribution in [0.4, 0.5) is 5.69 Å². The minimum absolute atomic E-state index is 0.00246. The number of carboxylic acids is 1. The normalized spacial score (nSPS) is 9.90. The summed E-state index contributed by atoms with van der Waals surface area (Å²) >= 11 is 6.82. The topological polar surface area (TPSA) is 92.7 Å². The van der Waals surface area contributed by atoms with E-state index in [9.17, 15) is 14.4 Å². The molecule has 1 amide bonds. The molecule has 0 atom stereocenters. The molecule has 1 aromatic rings. The van der Waals surface area contributed by atoms with Crippen molar-refractivity contribution in [2.75, 3.05) is 23.9 Å². The van der Waals surface area contributed by atoms with Gasteiger partial charge in [-0.3, -0.25) is 9.59 Å². The molecule has 1 aromatic carbocycles. The number of aliphatic carboxylic acids is 1. The number of anilines is 1.